The van der Waals surface area contributed by atoms with Crippen LogP contribution in [0, 0.1) is 0 Å². The van der Waals surface area contributed by atoms with Gasteiger partial charge in [-0.15, -0.1) is 10.2 Å². The third-order valence-corrected chi connectivity index (χ3v) is 3.52. The molecule has 4 nitrogen and oxygen atoms in total. The van der Waals surface area contributed by atoms with Crippen molar-refractivity contribution in [3.8, 4) is 0 Å². The monoisotopic (exact) mass is 274 g/mol. The summed E-state index contributed by atoms with van der Waals surface area (Å²) in [7, 11) is 2.07. The van der Waals surface area contributed by atoms with Crippen molar-refractivity contribution in [3.63, 3.8) is 0 Å². The number of likely N-dealkylation sites (tertiary alicyclic amines) is 1. The molecular formula is C12H17F3N4. The summed E-state index contributed by atoms with van der Waals surface area (Å²) >= 11 is 0. The number of alkyl halides is 3. The molecule has 1 saturated heterocycles. The summed E-state index contributed by atoms with van der Waals surface area (Å²) in [4.78, 5) is 2.26. The van der Waals surface area contributed by atoms with E-state index in [9.17, 15) is 13.2 Å². The van der Waals surface area contributed by atoms with Crippen LogP contribution < -0.4 is 5.32 Å². The lowest BCUT2D eigenvalue weighted by atomic mass is 9.99. The molecule has 1 aromatic rings. The van der Waals surface area contributed by atoms with Crippen LogP contribution in [-0.2, 0) is 6.18 Å². The van der Waals surface area contributed by atoms with Crippen LogP contribution in [0.25, 0.3) is 0 Å². The Balaban J connectivity index is 1.97. The van der Waals surface area contributed by atoms with Crippen molar-refractivity contribution in [2.45, 2.75) is 38.0 Å². The average molecular weight is 274 g/mol. The first-order valence-corrected chi connectivity index (χ1v) is 6.24. The fourth-order valence-corrected chi connectivity index (χ4v) is 2.19. The third-order valence-electron chi connectivity index (χ3n) is 3.52. The molecule has 1 aliphatic heterocycles. The predicted molar refractivity (Wildman–Crippen MR) is 65.8 cm³/mol. The minimum absolute atomic E-state index is 0.234. The van der Waals surface area contributed by atoms with Crippen LogP contribution in [0.1, 0.15) is 25.5 Å². The van der Waals surface area contributed by atoms with Gasteiger partial charge in [-0.25, -0.2) is 0 Å². The summed E-state index contributed by atoms with van der Waals surface area (Å²) in [6, 6.07) is 2.97. The number of anilines is 1. The largest absolute Gasteiger partial charge is 0.435 e. The zero-order valence-electron chi connectivity index (χ0n) is 10.9. The number of aromatic nitrogens is 2. The molecule has 2 rings (SSSR count). The minimum Gasteiger partial charge on any atom is -0.366 e. The molecule has 0 saturated carbocycles. The summed E-state index contributed by atoms with van der Waals surface area (Å²) < 4.78 is 37.0. The van der Waals surface area contributed by atoms with E-state index in [0.29, 0.717) is 11.9 Å². The Hall–Kier alpha value is -1.37. The van der Waals surface area contributed by atoms with Gasteiger partial charge in [-0.3, -0.25) is 0 Å². The average Bonchev–Trinajstić information content (AvgIpc) is 2.33. The summed E-state index contributed by atoms with van der Waals surface area (Å²) in [6.45, 7) is 3.10. The van der Waals surface area contributed by atoms with Gasteiger partial charge in [-0.1, -0.05) is 0 Å². The molecule has 2 heterocycles. The lowest BCUT2D eigenvalue weighted by Crippen LogP contribution is -2.42. The van der Waals surface area contributed by atoms with Crippen molar-refractivity contribution >= 4 is 5.82 Å². The molecular weight excluding hydrogens is 257 g/mol. The van der Waals surface area contributed by atoms with E-state index in [2.05, 4.69) is 34.4 Å². The van der Waals surface area contributed by atoms with E-state index < -0.39 is 11.9 Å². The first-order valence-electron chi connectivity index (χ1n) is 6.24. The molecule has 0 aromatic carbocycles. The predicted octanol–water partition coefficient (Wildman–Crippen LogP) is 2.39. The van der Waals surface area contributed by atoms with Gasteiger partial charge in [0, 0.05) is 18.6 Å². The first kappa shape index (κ1) is 14.0. The maximum Gasteiger partial charge on any atom is 0.435 e. The standard InChI is InChI=1S/C12H17F3N4/c1-8-7-9(5-6-19(8)2)16-11-4-3-10(17-18-11)12(13,14)15/h3-4,8-9H,5-7H2,1-2H3,(H,16,18). The maximum atomic E-state index is 12.3. The van der Waals surface area contributed by atoms with E-state index in [0.717, 1.165) is 25.5 Å². The summed E-state index contributed by atoms with van der Waals surface area (Å²) in [5.74, 6) is 0.398. The number of rotatable bonds is 2. The van der Waals surface area contributed by atoms with Crippen molar-refractivity contribution in [1.82, 2.24) is 15.1 Å². The fourth-order valence-electron chi connectivity index (χ4n) is 2.19. The highest BCUT2D eigenvalue weighted by atomic mass is 19.4. The number of halogens is 3. The molecule has 2 unspecified atom stereocenters. The highest BCUT2D eigenvalue weighted by Crippen LogP contribution is 2.27. The lowest BCUT2D eigenvalue weighted by molar-refractivity contribution is -0.141. The second kappa shape index (κ2) is 5.32. The minimum atomic E-state index is -4.44. The molecule has 0 amide bonds. The van der Waals surface area contributed by atoms with Crippen molar-refractivity contribution in [1.29, 1.82) is 0 Å². The molecule has 1 fully saturated rings. The molecule has 2 atom stereocenters. The van der Waals surface area contributed by atoms with Crippen LogP contribution in [0.5, 0.6) is 0 Å². The topological polar surface area (TPSA) is 41.1 Å². The molecule has 106 valence electrons. The molecule has 0 bridgehead atoms. The van der Waals surface area contributed by atoms with Gasteiger partial charge in [0.15, 0.2) is 5.69 Å². The van der Waals surface area contributed by atoms with Crippen LogP contribution in [0.4, 0.5) is 19.0 Å². The normalized spacial score (nSPS) is 25.3. The van der Waals surface area contributed by atoms with E-state index >= 15 is 0 Å². The van der Waals surface area contributed by atoms with Crippen LogP contribution in [0.2, 0.25) is 0 Å². The Morgan fingerprint density at radius 1 is 1.32 bits per heavy atom. The van der Waals surface area contributed by atoms with E-state index in [1.165, 1.54) is 6.07 Å². The van der Waals surface area contributed by atoms with Gasteiger partial charge >= 0.3 is 6.18 Å². The Morgan fingerprint density at radius 3 is 2.58 bits per heavy atom. The van der Waals surface area contributed by atoms with E-state index in [1.54, 1.807) is 0 Å². The maximum absolute atomic E-state index is 12.3. The van der Waals surface area contributed by atoms with E-state index in [4.69, 9.17) is 0 Å². The highest BCUT2D eigenvalue weighted by Gasteiger charge is 2.33. The third kappa shape index (κ3) is 3.56. The molecule has 1 aromatic heterocycles. The molecule has 0 aliphatic carbocycles. The van der Waals surface area contributed by atoms with Gasteiger partial charge in [0.2, 0.25) is 0 Å². The van der Waals surface area contributed by atoms with E-state index in [-0.39, 0.29) is 6.04 Å². The Bertz CT molecular complexity index is 418. The van der Waals surface area contributed by atoms with Gasteiger partial charge in [-0.2, -0.15) is 13.2 Å². The van der Waals surface area contributed by atoms with Gasteiger partial charge in [0.25, 0.3) is 0 Å². The SMILES string of the molecule is CC1CC(Nc2ccc(C(F)(F)F)nn2)CCN1C. The quantitative estimate of drug-likeness (QED) is 0.899. The summed E-state index contributed by atoms with van der Waals surface area (Å²) in [5.41, 5.74) is -0.963. The van der Waals surface area contributed by atoms with E-state index in [1.807, 2.05) is 0 Å². The summed E-state index contributed by atoms with van der Waals surface area (Å²) in [5, 5.41) is 9.93. The first-order chi connectivity index (χ1) is 8.86. The van der Waals surface area contributed by atoms with Crippen LogP contribution in [-0.4, -0.2) is 40.8 Å². The van der Waals surface area contributed by atoms with Gasteiger partial charge in [-0.05, 0) is 38.9 Å². The Kier molecular flexibility index (Phi) is 3.93. The molecule has 1 N–H and O–H groups in total. The van der Waals surface area contributed by atoms with Gasteiger partial charge in [0.1, 0.15) is 5.82 Å². The fraction of sp³-hybridized carbons (Fsp3) is 0.667. The van der Waals surface area contributed by atoms with Crippen molar-refractivity contribution < 1.29 is 13.2 Å². The number of hydrogen-bond acceptors (Lipinski definition) is 4. The molecule has 0 radical (unpaired) electrons. The van der Waals surface area contributed by atoms with Gasteiger partial charge in [0.05, 0.1) is 0 Å². The van der Waals surface area contributed by atoms with Crippen molar-refractivity contribution in [2.75, 3.05) is 18.9 Å². The zero-order valence-corrected chi connectivity index (χ0v) is 10.9. The zero-order chi connectivity index (χ0) is 14.0. The van der Waals surface area contributed by atoms with Crippen LogP contribution in [0.15, 0.2) is 12.1 Å². The highest BCUT2D eigenvalue weighted by molar-refractivity contribution is 5.34. The Morgan fingerprint density at radius 2 is 2.05 bits per heavy atom. The lowest BCUT2D eigenvalue weighted by Gasteiger charge is -2.35. The second-order valence-electron chi connectivity index (χ2n) is 5.00. The smallest absolute Gasteiger partial charge is 0.366 e. The Labute approximate surface area is 110 Å². The molecule has 1 aliphatic rings. The van der Waals surface area contributed by atoms with Crippen molar-refractivity contribution in [2.24, 2.45) is 0 Å². The molecule has 7 heteroatoms. The van der Waals surface area contributed by atoms with Gasteiger partial charge < -0.3 is 10.2 Å². The number of piperidine rings is 1. The van der Waals surface area contributed by atoms with Crippen LogP contribution >= 0.6 is 0 Å². The second-order valence-corrected chi connectivity index (χ2v) is 5.00. The number of nitrogens with zero attached hydrogens (tertiary/aromatic N) is 3. The van der Waals surface area contributed by atoms with Crippen molar-refractivity contribution in [3.05, 3.63) is 17.8 Å². The molecule has 19 heavy (non-hydrogen) atoms. The number of hydrogen-bond donors (Lipinski definition) is 1. The van der Waals surface area contributed by atoms with Crippen LogP contribution in [0.3, 0.4) is 0 Å². The summed E-state index contributed by atoms with van der Waals surface area (Å²) in [6.07, 6.45) is -2.55. The molecule has 0 spiro atoms. The number of nitrogens with one attached hydrogen (secondary N) is 1.